The van der Waals surface area contributed by atoms with E-state index in [1.807, 2.05) is 36.4 Å². The van der Waals surface area contributed by atoms with Gasteiger partial charge in [0, 0.05) is 23.1 Å². The molecule has 130 valence electrons. The highest BCUT2D eigenvalue weighted by Crippen LogP contribution is 2.12. The highest BCUT2D eigenvalue weighted by molar-refractivity contribution is 5.97. The summed E-state index contributed by atoms with van der Waals surface area (Å²) in [7, 11) is 0. The summed E-state index contributed by atoms with van der Waals surface area (Å²) in [6.07, 6.45) is 1.87. The Morgan fingerprint density at radius 3 is 2.77 bits per heavy atom. The molecule has 3 aromatic rings. The van der Waals surface area contributed by atoms with E-state index < -0.39 is 0 Å². The molecular weight excluding hydrogens is 328 g/mol. The van der Waals surface area contributed by atoms with Gasteiger partial charge in [0.15, 0.2) is 0 Å². The fraction of sp³-hybridized carbons (Fsp3) is 0.100. The Hall–Kier alpha value is -3.54. The van der Waals surface area contributed by atoms with Crippen LogP contribution in [-0.2, 0) is 4.79 Å². The summed E-state index contributed by atoms with van der Waals surface area (Å²) in [5.74, 6) is -0.474. The summed E-state index contributed by atoms with van der Waals surface area (Å²) in [4.78, 5) is 28.1. The molecule has 3 rings (SSSR count). The summed E-state index contributed by atoms with van der Waals surface area (Å²) in [5, 5.41) is 7.72. The van der Waals surface area contributed by atoms with Crippen molar-refractivity contribution in [3.63, 3.8) is 0 Å². The van der Waals surface area contributed by atoms with Crippen molar-refractivity contribution in [2.45, 2.75) is 13.3 Å². The molecule has 6 nitrogen and oxygen atoms in total. The molecule has 2 aromatic carbocycles. The van der Waals surface area contributed by atoms with Crippen LogP contribution in [0.4, 0.5) is 5.69 Å². The number of carbonyl (C=O) groups is 2. The SMILES string of the molecule is CCC(=O)Nc1cccc(C(=O)NN=Cc2ccc3ccccc3n2)c1. The normalized spacial score (nSPS) is 10.8. The van der Waals surface area contributed by atoms with Gasteiger partial charge in [-0.3, -0.25) is 9.59 Å². The van der Waals surface area contributed by atoms with Crippen LogP contribution in [0.5, 0.6) is 0 Å². The quantitative estimate of drug-likeness (QED) is 0.549. The zero-order valence-electron chi connectivity index (χ0n) is 14.3. The minimum Gasteiger partial charge on any atom is -0.326 e. The van der Waals surface area contributed by atoms with Gasteiger partial charge in [0.25, 0.3) is 5.91 Å². The van der Waals surface area contributed by atoms with Gasteiger partial charge >= 0.3 is 0 Å². The average Bonchev–Trinajstić information content (AvgIpc) is 2.68. The predicted octanol–water partition coefficient (Wildman–Crippen LogP) is 3.35. The molecule has 0 aliphatic rings. The van der Waals surface area contributed by atoms with Gasteiger partial charge in [0.1, 0.15) is 0 Å². The molecule has 0 spiro atoms. The summed E-state index contributed by atoms with van der Waals surface area (Å²) < 4.78 is 0. The molecule has 0 saturated heterocycles. The maximum atomic E-state index is 12.2. The summed E-state index contributed by atoms with van der Waals surface area (Å²) in [6, 6.07) is 18.2. The van der Waals surface area contributed by atoms with Crippen LogP contribution in [0.15, 0.2) is 65.8 Å². The van der Waals surface area contributed by atoms with Crippen LogP contribution in [0.25, 0.3) is 10.9 Å². The van der Waals surface area contributed by atoms with Crippen molar-refractivity contribution in [2.75, 3.05) is 5.32 Å². The Morgan fingerprint density at radius 1 is 1.08 bits per heavy atom. The number of nitrogens with zero attached hydrogens (tertiary/aromatic N) is 2. The van der Waals surface area contributed by atoms with E-state index in [0.29, 0.717) is 23.4 Å². The molecule has 1 aromatic heterocycles. The van der Waals surface area contributed by atoms with E-state index in [1.54, 1.807) is 31.2 Å². The number of para-hydroxylation sites is 1. The lowest BCUT2D eigenvalue weighted by Gasteiger charge is -2.05. The maximum absolute atomic E-state index is 12.2. The molecule has 2 N–H and O–H groups in total. The van der Waals surface area contributed by atoms with Gasteiger partial charge in [0.2, 0.25) is 5.91 Å². The van der Waals surface area contributed by atoms with Crippen molar-refractivity contribution < 1.29 is 9.59 Å². The first kappa shape index (κ1) is 17.3. The second-order valence-electron chi connectivity index (χ2n) is 5.61. The highest BCUT2D eigenvalue weighted by atomic mass is 16.2. The van der Waals surface area contributed by atoms with Crippen molar-refractivity contribution in [3.05, 3.63) is 71.9 Å². The Bertz CT molecular complexity index is 982. The second kappa shape index (κ2) is 8.02. The van der Waals surface area contributed by atoms with Crippen LogP contribution in [-0.4, -0.2) is 23.0 Å². The van der Waals surface area contributed by atoms with Crippen LogP contribution in [0.3, 0.4) is 0 Å². The summed E-state index contributed by atoms with van der Waals surface area (Å²) in [6.45, 7) is 1.77. The molecule has 0 saturated carbocycles. The largest absolute Gasteiger partial charge is 0.326 e. The fourth-order valence-corrected chi connectivity index (χ4v) is 2.36. The zero-order valence-corrected chi connectivity index (χ0v) is 14.3. The molecule has 0 radical (unpaired) electrons. The fourth-order valence-electron chi connectivity index (χ4n) is 2.36. The van der Waals surface area contributed by atoms with E-state index >= 15 is 0 Å². The molecule has 0 fully saturated rings. The highest BCUT2D eigenvalue weighted by Gasteiger charge is 2.06. The third-order valence-electron chi connectivity index (χ3n) is 3.71. The number of hydrazone groups is 1. The van der Waals surface area contributed by atoms with Gasteiger partial charge < -0.3 is 5.32 Å². The first-order valence-electron chi connectivity index (χ1n) is 8.25. The lowest BCUT2D eigenvalue weighted by atomic mass is 10.2. The minimum absolute atomic E-state index is 0.108. The first-order valence-corrected chi connectivity index (χ1v) is 8.25. The summed E-state index contributed by atoms with van der Waals surface area (Å²) in [5.41, 5.74) is 4.96. The molecule has 0 bridgehead atoms. The van der Waals surface area contributed by atoms with Gasteiger partial charge in [-0.25, -0.2) is 10.4 Å². The van der Waals surface area contributed by atoms with Gasteiger partial charge in [-0.2, -0.15) is 5.10 Å². The average molecular weight is 346 g/mol. The number of benzene rings is 2. The smallest absolute Gasteiger partial charge is 0.271 e. The number of hydrogen-bond donors (Lipinski definition) is 2. The number of amides is 2. The number of fused-ring (bicyclic) bond motifs is 1. The standard InChI is InChI=1S/C20H18N4O2/c1-2-19(25)23-16-8-5-7-15(12-16)20(26)24-21-13-17-11-10-14-6-3-4-9-18(14)22-17/h3-13H,2H2,1H3,(H,23,25)(H,24,26). The maximum Gasteiger partial charge on any atom is 0.271 e. The molecule has 0 aliphatic carbocycles. The minimum atomic E-state index is -0.366. The van der Waals surface area contributed by atoms with Gasteiger partial charge in [0.05, 0.1) is 17.4 Å². The van der Waals surface area contributed by atoms with E-state index in [4.69, 9.17) is 0 Å². The molecule has 2 amide bonds. The van der Waals surface area contributed by atoms with E-state index in [0.717, 1.165) is 10.9 Å². The molecule has 0 aliphatic heterocycles. The zero-order chi connectivity index (χ0) is 18.4. The number of rotatable bonds is 5. The van der Waals surface area contributed by atoms with Crippen molar-refractivity contribution in [3.8, 4) is 0 Å². The number of anilines is 1. The number of pyridine rings is 1. The van der Waals surface area contributed by atoms with Crippen LogP contribution in [0.2, 0.25) is 0 Å². The van der Waals surface area contributed by atoms with E-state index in [-0.39, 0.29) is 11.8 Å². The monoisotopic (exact) mass is 346 g/mol. The molecule has 0 atom stereocenters. The second-order valence-corrected chi connectivity index (χ2v) is 5.61. The van der Waals surface area contributed by atoms with Crippen LogP contribution < -0.4 is 10.7 Å². The number of nitrogens with one attached hydrogen (secondary N) is 2. The van der Waals surface area contributed by atoms with E-state index in [2.05, 4.69) is 20.8 Å². The molecule has 1 heterocycles. The Balaban J connectivity index is 1.66. The Morgan fingerprint density at radius 2 is 1.92 bits per heavy atom. The van der Waals surface area contributed by atoms with Crippen LogP contribution in [0.1, 0.15) is 29.4 Å². The summed E-state index contributed by atoms with van der Waals surface area (Å²) >= 11 is 0. The number of carbonyl (C=O) groups excluding carboxylic acids is 2. The van der Waals surface area contributed by atoms with Crippen molar-refractivity contribution in [2.24, 2.45) is 5.10 Å². The lowest BCUT2D eigenvalue weighted by Crippen LogP contribution is -2.18. The van der Waals surface area contributed by atoms with Gasteiger partial charge in [-0.15, -0.1) is 0 Å². The first-order chi connectivity index (χ1) is 12.7. The predicted molar refractivity (Wildman–Crippen MR) is 102 cm³/mol. The lowest BCUT2D eigenvalue weighted by molar-refractivity contribution is -0.115. The van der Waals surface area contributed by atoms with Crippen LogP contribution in [0, 0.1) is 0 Å². The van der Waals surface area contributed by atoms with Crippen molar-refractivity contribution >= 4 is 34.6 Å². The molecule has 26 heavy (non-hydrogen) atoms. The third-order valence-corrected chi connectivity index (χ3v) is 3.71. The van der Waals surface area contributed by atoms with E-state index in [9.17, 15) is 9.59 Å². The van der Waals surface area contributed by atoms with E-state index in [1.165, 1.54) is 6.21 Å². The number of aromatic nitrogens is 1. The van der Waals surface area contributed by atoms with Gasteiger partial charge in [-0.05, 0) is 30.3 Å². The topological polar surface area (TPSA) is 83.5 Å². The molecule has 0 unspecified atom stereocenters. The molecule has 6 heteroatoms. The Kier molecular flexibility index (Phi) is 5.34. The molecular formula is C20H18N4O2. The Labute approximate surface area is 151 Å². The van der Waals surface area contributed by atoms with Crippen LogP contribution >= 0.6 is 0 Å². The third kappa shape index (κ3) is 4.30. The van der Waals surface area contributed by atoms with Crippen molar-refractivity contribution in [1.29, 1.82) is 0 Å². The van der Waals surface area contributed by atoms with Crippen molar-refractivity contribution in [1.82, 2.24) is 10.4 Å². The number of hydrogen-bond acceptors (Lipinski definition) is 4. The van der Waals surface area contributed by atoms with Gasteiger partial charge in [-0.1, -0.05) is 37.3 Å².